The fraction of sp³-hybridized carbons (Fsp3) is 0.588. The molecule has 1 aromatic carbocycles. The number of nitrogens with one attached hydrogen (secondary N) is 1. The summed E-state index contributed by atoms with van der Waals surface area (Å²) >= 11 is 1.72. The lowest BCUT2D eigenvalue weighted by Gasteiger charge is -2.31. The summed E-state index contributed by atoms with van der Waals surface area (Å²) < 4.78 is 5.50. The van der Waals surface area contributed by atoms with E-state index >= 15 is 0 Å². The Morgan fingerprint density at radius 2 is 2.00 bits per heavy atom. The Kier molecular flexibility index (Phi) is 5.46. The number of para-hydroxylation sites is 1. The fourth-order valence-electron chi connectivity index (χ4n) is 3.20. The molecule has 2 heterocycles. The molecule has 2 fully saturated rings. The van der Waals surface area contributed by atoms with Gasteiger partial charge in [0.2, 0.25) is 5.91 Å². The van der Waals surface area contributed by atoms with Crippen LogP contribution < -0.4 is 10.1 Å². The van der Waals surface area contributed by atoms with Crippen LogP contribution in [-0.4, -0.2) is 67.3 Å². The number of carbonyl (C=O) groups is 1. The predicted octanol–water partition coefficient (Wildman–Crippen LogP) is 1.56. The predicted molar refractivity (Wildman–Crippen MR) is 93.8 cm³/mol. The standard InChI is InChI=1S/C17H25N3O2S/c1-13-16(21)20(12-11-19-9-7-18-8-10-19)17(23-13)14-5-3-4-6-15(14)22-2/h3-6,13,17-18H,7-12H2,1-2H3/t13-,17+/m1/s1. The molecule has 2 aliphatic rings. The number of benzene rings is 1. The summed E-state index contributed by atoms with van der Waals surface area (Å²) in [5.41, 5.74) is 1.10. The van der Waals surface area contributed by atoms with Gasteiger partial charge in [-0.25, -0.2) is 0 Å². The van der Waals surface area contributed by atoms with E-state index in [-0.39, 0.29) is 16.5 Å². The average Bonchev–Trinajstić information content (AvgIpc) is 2.88. The maximum atomic E-state index is 12.6. The first kappa shape index (κ1) is 16.6. The molecule has 2 saturated heterocycles. The van der Waals surface area contributed by atoms with E-state index in [0.29, 0.717) is 0 Å². The topological polar surface area (TPSA) is 44.8 Å². The molecule has 1 N–H and O–H groups in total. The number of rotatable bonds is 5. The van der Waals surface area contributed by atoms with E-state index < -0.39 is 0 Å². The van der Waals surface area contributed by atoms with Crippen molar-refractivity contribution >= 4 is 17.7 Å². The van der Waals surface area contributed by atoms with Crippen molar-refractivity contribution in [3.8, 4) is 5.75 Å². The van der Waals surface area contributed by atoms with Crippen molar-refractivity contribution in [2.45, 2.75) is 17.5 Å². The highest BCUT2D eigenvalue weighted by atomic mass is 32.2. The molecule has 0 unspecified atom stereocenters. The average molecular weight is 335 g/mol. The minimum atomic E-state index is 0.00735. The van der Waals surface area contributed by atoms with Gasteiger partial charge in [0.1, 0.15) is 11.1 Å². The summed E-state index contributed by atoms with van der Waals surface area (Å²) in [6.45, 7) is 7.91. The van der Waals surface area contributed by atoms with Gasteiger partial charge < -0.3 is 15.0 Å². The maximum Gasteiger partial charge on any atom is 0.236 e. The van der Waals surface area contributed by atoms with E-state index in [9.17, 15) is 4.79 Å². The van der Waals surface area contributed by atoms with Crippen molar-refractivity contribution in [1.29, 1.82) is 0 Å². The zero-order valence-corrected chi connectivity index (χ0v) is 14.6. The molecule has 3 rings (SSSR count). The largest absolute Gasteiger partial charge is 0.496 e. The number of ether oxygens (including phenoxy) is 1. The number of hydrogen-bond donors (Lipinski definition) is 1. The molecule has 2 aliphatic heterocycles. The molecule has 5 nitrogen and oxygen atoms in total. The number of thioether (sulfide) groups is 1. The van der Waals surface area contributed by atoms with Crippen molar-refractivity contribution in [3.63, 3.8) is 0 Å². The van der Waals surface area contributed by atoms with E-state index in [1.54, 1.807) is 18.9 Å². The van der Waals surface area contributed by atoms with Gasteiger partial charge in [0, 0.05) is 44.8 Å². The Labute approximate surface area is 142 Å². The molecule has 1 amide bonds. The summed E-state index contributed by atoms with van der Waals surface area (Å²) in [5.74, 6) is 1.10. The number of amides is 1. The summed E-state index contributed by atoms with van der Waals surface area (Å²) in [5, 5.41) is 3.43. The van der Waals surface area contributed by atoms with Gasteiger partial charge in [0.05, 0.1) is 12.4 Å². The second-order valence-electron chi connectivity index (χ2n) is 6.00. The molecule has 0 saturated carbocycles. The van der Waals surface area contributed by atoms with E-state index in [0.717, 1.165) is 50.6 Å². The van der Waals surface area contributed by atoms with Crippen molar-refractivity contribution in [1.82, 2.24) is 15.1 Å². The third-order valence-corrected chi connectivity index (χ3v) is 5.89. The zero-order valence-electron chi connectivity index (χ0n) is 13.8. The molecular formula is C17H25N3O2S. The smallest absolute Gasteiger partial charge is 0.236 e. The molecule has 0 aromatic heterocycles. The molecule has 6 heteroatoms. The molecule has 0 radical (unpaired) electrons. The molecular weight excluding hydrogens is 310 g/mol. The summed E-state index contributed by atoms with van der Waals surface area (Å²) in [4.78, 5) is 17.0. The Morgan fingerprint density at radius 1 is 1.26 bits per heavy atom. The van der Waals surface area contributed by atoms with Crippen LogP contribution in [0.2, 0.25) is 0 Å². The lowest BCUT2D eigenvalue weighted by atomic mass is 10.1. The third kappa shape index (κ3) is 3.65. The van der Waals surface area contributed by atoms with E-state index in [4.69, 9.17) is 4.74 Å². The number of hydrogen-bond acceptors (Lipinski definition) is 5. The highest BCUT2D eigenvalue weighted by Crippen LogP contribution is 2.45. The molecule has 0 spiro atoms. The molecule has 2 atom stereocenters. The number of methoxy groups -OCH3 is 1. The Balaban J connectivity index is 1.73. The molecule has 126 valence electrons. The number of nitrogens with zero attached hydrogens (tertiary/aromatic N) is 2. The lowest BCUT2D eigenvalue weighted by molar-refractivity contribution is -0.130. The minimum absolute atomic E-state index is 0.00735. The first-order valence-electron chi connectivity index (χ1n) is 8.22. The van der Waals surface area contributed by atoms with Crippen molar-refractivity contribution in [3.05, 3.63) is 29.8 Å². The second kappa shape index (κ2) is 7.55. The summed E-state index contributed by atoms with van der Waals surface area (Å²) in [6.07, 6.45) is 0. The molecule has 1 aromatic rings. The van der Waals surface area contributed by atoms with Crippen LogP contribution >= 0.6 is 11.8 Å². The Bertz CT molecular complexity index is 548. The van der Waals surface area contributed by atoms with Gasteiger partial charge in [-0.2, -0.15) is 0 Å². The number of carbonyl (C=O) groups excluding carboxylic acids is 1. The molecule has 0 aliphatic carbocycles. The Hall–Kier alpha value is -1.24. The third-order valence-electron chi connectivity index (χ3n) is 4.52. The highest BCUT2D eigenvalue weighted by molar-refractivity contribution is 8.01. The van der Waals surface area contributed by atoms with Crippen LogP contribution in [0.15, 0.2) is 24.3 Å². The number of piperazine rings is 1. The monoisotopic (exact) mass is 335 g/mol. The SMILES string of the molecule is COc1ccccc1[C@@H]1S[C@H](C)C(=O)N1CCN1CCNCC1. The van der Waals surface area contributed by atoms with Crippen molar-refractivity contribution in [2.75, 3.05) is 46.4 Å². The maximum absolute atomic E-state index is 12.6. The van der Waals surface area contributed by atoms with Gasteiger partial charge >= 0.3 is 0 Å². The van der Waals surface area contributed by atoms with Gasteiger partial charge in [0.25, 0.3) is 0 Å². The lowest BCUT2D eigenvalue weighted by Crippen LogP contribution is -2.46. The van der Waals surface area contributed by atoms with Crippen LogP contribution in [0.5, 0.6) is 5.75 Å². The molecule has 23 heavy (non-hydrogen) atoms. The zero-order chi connectivity index (χ0) is 16.2. The van der Waals surface area contributed by atoms with Gasteiger partial charge in [0.15, 0.2) is 0 Å². The fourth-order valence-corrected chi connectivity index (χ4v) is 4.53. The second-order valence-corrected chi connectivity index (χ2v) is 7.42. The molecule has 0 bridgehead atoms. The highest BCUT2D eigenvalue weighted by Gasteiger charge is 2.39. The van der Waals surface area contributed by atoms with Crippen molar-refractivity contribution in [2.24, 2.45) is 0 Å². The quantitative estimate of drug-likeness (QED) is 0.885. The first-order chi connectivity index (χ1) is 11.2. The summed E-state index contributed by atoms with van der Waals surface area (Å²) in [6, 6.07) is 8.02. The van der Waals surface area contributed by atoms with Gasteiger partial charge in [-0.05, 0) is 13.0 Å². The van der Waals surface area contributed by atoms with Crippen LogP contribution in [0.1, 0.15) is 17.9 Å². The van der Waals surface area contributed by atoms with Gasteiger partial charge in [-0.15, -0.1) is 11.8 Å². The van der Waals surface area contributed by atoms with E-state index in [1.807, 2.05) is 30.0 Å². The van der Waals surface area contributed by atoms with Gasteiger partial charge in [-0.1, -0.05) is 18.2 Å². The normalized spacial score (nSPS) is 25.8. The van der Waals surface area contributed by atoms with E-state index in [1.165, 1.54) is 0 Å². The van der Waals surface area contributed by atoms with Crippen LogP contribution in [-0.2, 0) is 4.79 Å². The van der Waals surface area contributed by atoms with Crippen LogP contribution in [0.3, 0.4) is 0 Å². The summed E-state index contributed by atoms with van der Waals surface area (Å²) in [7, 11) is 1.69. The van der Waals surface area contributed by atoms with E-state index in [2.05, 4.69) is 16.3 Å². The van der Waals surface area contributed by atoms with Crippen LogP contribution in [0.25, 0.3) is 0 Å². The van der Waals surface area contributed by atoms with Gasteiger partial charge in [-0.3, -0.25) is 9.69 Å². The van der Waals surface area contributed by atoms with Crippen molar-refractivity contribution < 1.29 is 9.53 Å². The minimum Gasteiger partial charge on any atom is -0.496 e. The van der Waals surface area contributed by atoms with Crippen LogP contribution in [0.4, 0.5) is 0 Å². The van der Waals surface area contributed by atoms with Crippen LogP contribution in [0, 0.1) is 0 Å². The Morgan fingerprint density at radius 3 is 2.74 bits per heavy atom. The first-order valence-corrected chi connectivity index (χ1v) is 9.17.